The van der Waals surface area contributed by atoms with E-state index in [4.69, 9.17) is 9.97 Å². The highest BCUT2D eigenvalue weighted by atomic mass is 32.1. The van der Waals surface area contributed by atoms with E-state index in [-0.39, 0.29) is 5.92 Å². The van der Waals surface area contributed by atoms with Crippen LogP contribution in [-0.4, -0.2) is 34.1 Å². The van der Waals surface area contributed by atoms with Crippen LogP contribution in [0.1, 0.15) is 24.6 Å². The third-order valence-corrected chi connectivity index (χ3v) is 6.12. The van der Waals surface area contributed by atoms with E-state index >= 15 is 0 Å². The third-order valence-electron chi connectivity index (χ3n) is 4.95. The van der Waals surface area contributed by atoms with Crippen LogP contribution < -0.4 is 4.90 Å². The van der Waals surface area contributed by atoms with E-state index in [1.165, 1.54) is 4.88 Å². The minimum atomic E-state index is -0.689. The van der Waals surface area contributed by atoms with E-state index < -0.39 is 5.97 Å². The van der Waals surface area contributed by atoms with E-state index in [1.807, 2.05) is 30.3 Å². The number of thiophene rings is 1. The minimum absolute atomic E-state index is 0.245. The summed E-state index contributed by atoms with van der Waals surface area (Å²) in [5.41, 5.74) is 1.00. The molecular weight excluding hydrogens is 346 g/mol. The van der Waals surface area contributed by atoms with Crippen molar-refractivity contribution in [2.24, 2.45) is 5.92 Å². The van der Waals surface area contributed by atoms with Crippen molar-refractivity contribution in [1.82, 2.24) is 9.97 Å². The number of aliphatic carboxylic acids is 1. The van der Waals surface area contributed by atoms with E-state index in [0.29, 0.717) is 25.9 Å². The van der Waals surface area contributed by atoms with Gasteiger partial charge in [0.05, 0.1) is 11.3 Å². The summed E-state index contributed by atoms with van der Waals surface area (Å²) in [6.45, 7) is 3.58. The zero-order valence-electron chi connectivity index (χ0n) is 14.7. The Kier molecular flexibility index (Phi) is 4.59. The van der Waals surface area contributed by atoms with Gasteiger partial charge in [-0.2, -0.15) is 0 Å². The molecule has 1 aliphatic heterocycles. The molecule has 1 fully saturated rings. The van der Waals surface area contributed by atoms with Crippen LogP contribution >= 0.6 is 11.3 Å². The zero-order chi connectivity index (χ0) is 18.1. The van der Waals surface area contributed by atoms with Crippen molar-refractivity contribution < 1.29 is 9.90 Å². The molecular formula is C20H21N3O2S. The highest BCUT2D eigenvalue weighted by molar-refractivity contribution is 7.18. The van der Waals surface area contributed by atoms with Crippen molar-refractivity contribution in [2.75, 3.05) is 18.0 Å². The maximum absolute atomic E-state index is 11.2. The van der Waals surface area contributed by atoms with Gasteiger partial charge >= 0.3 is 5.97 Å². The van der Waals surface area contributed by atoms with E-state index in [1.54, 1.807) is 11.3 Å². The Morgan fingerprint density at radius 1 is 1.23 bits per heavy atom. The van der Waals surface area contributed by atoms with Crippen molar-refractivity contribution in [3.05, 3.63) is 41.3 Å². The van der Waals surface area contributed by atoms with E-state index in [0.717, 1.165) is 33.8 Å². The number of carbonyl (C=O) groups is 1. The van der Waals surface area contributed by atoms with Crippen molar-refractivity contribution >= 4 is 33.3 Å². The number of benzene rings is 1. The average molecular weight is 367 g/mol. The first-order valence-corrected chi connectivity index (χ1v) is 9.81. The van der Waals surface area contributed by atoms with Gasteiger partial charge in [-0.05, 0) is 25.3 Å². The van der Waals surface area contributed by atoms with Crippen molar-refractivity contribution in [1.29, 1.82) is 0 Å². The largest absolute Gasteiger partial charge is 0.481 e. The van der Waals surface area contributed by atoms with Crippen molar-refractivity contribution in [2.45, 2.75) is 26.2 Å². The van der Waals surface area contributed by atoms with Gasteiger partial charge in [0.2, 0.25) is 0 Å². The van der Waals surface area contributed by atoms with Crippen LogP contribution in [0.3, 0.4) is 0 Å². The lowest BCUT2D eigenvalue weighted by Crippen LogP contribution is -2.37. The second-order valence-electron chi connectivity index (χ2n) is 6.62. The molecule has 1 saturated heterocycles. The minimum Gasteiger partial charge on any atom is -0.481 e. The first-order chi connectivity index (χ1) is 12.7. The number of nitrogens with zero attached hydrogens (tertiary/aromatic N) is 3. The predicted molar refractivity (Wildman–Crippen MR) is 105 cm³/mol. The topological polar surface area (TPSA) is 66.3 Å². The van der Waals surface area contributed by atoms with Crippen molar-refractivity contribution in [3.63, 3.8) is 0 Å². The monoisotopic (exact) mass is 367 g/mol. The fourth-order valence-corrected chi connectivity index (χ4v) is 4.39. The molecule has 1 aliphatic rings. The van der Waals surface area contributed by atoms with E-state index in [9.17, 15) is 9.90 Å². The Morgan fingerprint density at radius 2 is 1.96 bits per heavy atom. The average Bonchev–Trinajstić information content (AvgIpc) is 3.11. The predicted octanol–water partition coefficient (Wildman–Crippen LogP) is 4.22. The number of aromatic nitrogens is 2. The number of hydrogen-bond donors (Lipinski definition) is 1. The summed E-state index contributed by atoms with van der Waals surface area (Å²) in [5, 5.41) is 10.3. The van der Waals surface area contributed by atoms with Gasteiger partial charge in [0.25, 0.3) is 0 Å². The molecule has 0 spiro atoms. The molecule has 1 N–H and O–H groups in total. The molecule has 5 nitrogen and oxygen atoms in total. The molecule has 0 amide bonds. The Labute approximate surface area is 156 Å². The van der Waals surface area contributed by atoms with Gasteiger partial charge in [-0.1, -0.05) is 37.3 Å². The highest BCUT2D eigenvalue weighted by Gasteiger charge is 2.27. The molecule has 0 unspecified atom stereocenters. The number of hydrogen-bond acceptors (Lipinski definition) is 5. The van der Waals surface area contributed by atoms with Crippen LogP contribution in [0.4, 0.5) is 5.82 Å². The molecule has 4 rings (SSSR count). The number of aryl methyl sites for hydroxylation is 1. The molecule has 3 heterocycles. The van der Waals surface area contributed by atoms with E-state index in [2.05, 4.69) is 17.9 Å². The lowest BCUT2D eigenvalue weighted by Gasteiger charge is -2.31. The molecule has 0 saturated carbocycles. The normalized spacial score (nSPS) is 15.5. The van der Waals surface area contributed by atoms with Crippen LogP contribution in [0.25, 0.3) is 21.6 Å². The van der Waals surface area contributed by atoms with Gasteiger partial charge in [-0.25, -0.2) is 9.97 Å². The molecule has 134 valence electrons. The number of carboxylic acid groups (broad SMARTS) is 1. The molecule has 0 aliphatic carbocycles. The lowest BCUT2D eigenvalue weighted by molar-refractivity contribution is -0.142. The second-order valence-corrected chi connectivity index (χ2v) is 7.74. The standard InChI is InChI=1S/C20H21N3O2S/c1-2-15-12-16-18(23-10-8-14(9-11-23)20(24)25)21-17(22-19(16)26-15)13-6-4-3-5-7-13/h3-7,12,14H,2,8-11H2,1H3,(H,24,25). The first-order valence-electron chi connectivity index (χ1n) is 8.99. The van der Waals surface area contributed by atoms with Crippen molar-refractivity contribution in [3.8, 4) is 11.4 Å². The third kappa shape index (κ3) is 3.17. The summed E-state index contributed by atoms with van der Waals surface area (Å²) in [6.07, 6.45) is 2.29. The van der Waals surface area contributed by atoms with Gasteiger partial charge in [0.15, 0.2) is 5.82 Å². The number of anilines is 1. The van der Waals surface area contributed by atoms with Crippen LogP contribution in [-0.2, 0) is 11.2 Å². The fraction of sp³-hybridized carbons (Fsp3) is 0.350. The summed E-state index contributed by atoms with van der Waals surface area (Å²) < 4.78 is 0. The number of carboxylic acids is 1. The molecule has 0 radical (unpaired) electrons. The van der Waals surface area contributed by atoms with Gasteiger partial charge < -0.3 is 10.0 Å². The summed E-state index contributed by atoms with van der Waals surface area (Å²) in [5.74, 6) is 0.740. The SMILES string of the molecule is CCc1cc2c(N3CCC(C(=O)O)CC3)nc(-c3ccccc3)nc2s1. The maximum atomic E-state index is 11.2. The fourth-order valence-electron chi connectivity index (χ4n) is 3.43. The first kappa shape index (κ1) is 17.0. The van der Waals surface area contributed by atoms with Gasteiger partial charge in [-0.3, -0.25) is 4.79 Å². The highest BCUT2D eigenvalue weighted by Crippen LogP contribution is 2.35. The smallest absolute Gasteiger partial charge is 0.306 e. The molecule has 0 bridgehead atoms. The van der Waals surface area contributed by atoms with Gasteiger partial charge in [0, 0.05) is 23.5 Å². The Hall–Kier alpha value is -2.47. The molecule has 26 heavy (non-hydrogen) atoms. The Balaban J connectivity index is 1.77. The molecule has 1 aromatic carbocycles. The number of fused-ring (bicyclic) bond motifs is 1. The number of piperidine rings is 1. The molecule has 6 heteroatoms. The number of rotatable bonds is 4. The second kappa shape index (κ2) is 7.03. The summed E-state index contributed by atoms with van der Waals surface area (Å²) >= 11 is 1.72. The van der Waals surface area contributed by atoms with Gasteiger partial charge in [-0.15, -0.1) is 11.3 Å². The van der Waals surface area contributed by atoms with Crippen LogP contribution in [0.2, 0.25) is 0 Å². The molecule has 3 aromatic rings. The molecule has 0 atom stereocenters. The molecule has 2 aromatic heterocycles. The van der Waals surface area contributed by atoms with Crippen LogP contribution in [0.15, 0.2) is 36.4 Å². The summed E-state index contributed by atoms with van der Waals surface area (Å²) in [6, 6.07) is 12.2. The maximum Gasteiger partial charge on any atom is 0.306 e. The Bertz CT molecular complexity index is 931. The van der Waals surface area contributed by atoms with Crippen LogP contribution in [0, 0.1) is 5.92 Å². The quantitative estimate of drug-likeness (QED) is 0.748. The summed E-state index contributed by atoms with van der Waals surface area (Å²) in [4.78, 5) is 25.5. The zero-order valence-corrected chi connectivity index (χ0v) is 15.5. The Morgan fingerprint density at radius 3 is 2.62 bits per heavy atom. The van der Waals surface area contributed by atoms with Crippen LogP contribution in [0.5, 0.6) is 0 Å². The summed E-state index contributed by atoms with van der Waals surface area (Å²) in [7, 11) is 0. The lowest BCUT2D eigenvalue weighted by atomic mass is 9.97. The van der Waals surface area contributed by atoms with Gasteiger partial charge in [0.1, 0.15) is 10.6 Å².